The summed E-state index contributed by atoms with van der Waals surface area (Å²) in [6.45, 7) is 0. The van der Waals surface area contributed by atoms with Gasteiger partial charge in [0.15, 0.2) is 5.82 Å². The van der Waals surface area contributed by atoms with Gasteiger partial charge in [-0.2, -0.15) is 0 Å². The summed E-state index contributed by atoms with van der Waals surface area (Å²) in [6.07, 6.45) is 0. The summed E-state index contributed by atoms with van der Waals surface area (Å²) in [4.78, 5) is 9.09. The van der Waals surface area contributed by atoms with E-state index in [4.69, 9.17) is 0 Å². The predicted octanol–water partition coefficient (Wildman–Crippen LogP) is 4.89. The Bertz CT molecular complexity index is 1070. The van der Waals surface area contributed by atoms with Crippen LogP contribution in [0.2, 0.25) is 0 Å². The number of nitrogens with one attached hydrogen (secondary N) is 1. The molecule has 2 N–H and O–H groups in total. The highest BCUT2D eigenvalue weighted by Crippen LogP contribution is 2.31. The zero-order valence-electron chi connectivity index (χ0n) is 13.1. The van der Waals surface area contributed by atoms with Crippen molar-refractivity contribution in [1.29, 1.82) is 0 Å². The zero-order valence-corrected chi connectivity index (χ0v) is 13.1. The van der Waals surface area contributed by atoms with Gasteiger partial charge in [0.25, 0.3) is 0 Å². The molecule has 4 nitrogen and oxygen atoms in total. The van der Waals surface area contributed by atoms with E-state index in [-0.39, 0.29) is 11.6 Å². The first-order chi connectivity index (χ1) is 12.2. The molecule has 0 atom stereocenters. The van der Waals surface area contributed by atoms with E-state index in [1.54, 1.807) is 30.3 Å². The Hall–Kier alpha value is -3.47. The van der Waals surface area contributed by atoms with Crippen molar-refractivity contribution in [2.75, 3.05) is 5.32 Å². The van der Waals surface area contributed by atoms with Crippen LogP contribution in [-0.4, -0.2) is 15.1 Å². The van der Waals surface area contributed by atoms with Gasteiger partial charge in [0.05, 0.1) is 11.1 Å². The molecule has 0 fully saturated rings. The Labute approximate surface area is 143 Å². The summed E-state index contributed by atoms with van der Waals surface area (Å²) in [7, 11) is 0. The van der Waals surface area contributed by atoms with Crippen LogP contribution >= 0.6 is 0 Å². The number of halogens is 1. The molecule has 0 aliphatic heterocycles. The van der Waals surface area contributed by atoms with E-state index in [1.165, 1.54) is 12.1 Å². The molecule has 0 saturated carbocycles. The maximum Gasteiger partial charge on any atom is 0.165 e. The highest BCUT2D eigenvalue weighted by molar-refractivity contribution is 5.92. The van der Waals surface area contributed by atoms with Crippen molar-refractivity contribution in [3.05, 3.63) is 78.6 Å². The van der Waals surface area contributed by atoms with Crippen LogP contribution in [0.3, 0.4) is 0 Å². The maximum atomic E-state index is 13.5. The van der Waals surface area contributed by atoms with Gasteiger partial charge in [0.2, 0.25) is 0 Å². The van der Waals surface area contributed by atoms with Crippen LogP contribution in [0.15, 0.2) is 72.8 Å². The number of nitrogens with zero attached hydrogens (tertiary/aromatic N) is 2. The SMILES string of the molecule is Oc1ccccc1-c1nc(Nc2cccc(F)c2)c2ccccc2n1. The Morgan fingerprint density at radius 3 is 2.48 bits per heavy atom. The van der Waals surface area contributed by atoms with Crippen LogP contribution in [0.5, 0.6) is 5.75 Å². The number of fused-ring (bicyclic) bond motifs is 1. The van der Waals surface area contributed by atoms with Gasteiger partial charge in [0, 0.05) is 11.1 Å². The molecule has 5 heteroatoms. The lowest BCUT2D eigenvalue weighted by Crippen LogP contribution is -1.99. The smallest absolute Gasteiger partial charge is 0.165 e. The zero-order chi connectivity index (χ0) is 17.2. The van der Waals surface area contributed by atoms with E-state index >= 15 is 0 Å². The van der Waals surface area contributed by atoms with Crippen LogP contribution in [0, 0.1) is 5.82 Å². The fraction of sp³-hybridized carbons (Fsp3) is 0. The third-order valence-electron chi connectivity index (χ3n) is 3.84. The largest absolute Gasteiger partial charge is 0.507 e. The fourth-order valence-electron chi connectivity index (χ4n) is 2.66. The standard InChI is InChI=1S/C20H14FN3O/c21-13-6-5-7-14(12-13)22-19-15-8-1-3-10-17(15)23-20(24-19)16-9-2-4-11-18(16)25/h1-12,25H,(H,22,23,24). The van der Waals surface area contributed by atoms with Crippen molar-refractivity contribution < 1.29 is 9.50 Å². The second kappa shape index (κ2) is 6.20. The summed E-state index contributed by atoms with van der Waals surface area (Å²) >= 11 is 0. The van der Waals surface area contributed by atoms with Crippen molar-refractivity contribution in [1.82, 2.24) is 9.97 Å². The minimum absolute atomic E-state index is 0.106. The monoisotopic (exact) mass is 331 g/mol. The molecule has 0 aliphatic rings. The van der Waals surface area contributed by atoms with E-state index < -0.39 is 0 Å². The minimum Gasteiger partial charge on any atom is -0.507 e. The molecular weight excluding hydrogens is 317 g/mol. The number of anilines is 2. The van der Waals surface area contributed by atoms with Gasteiger partial charge in [-0.25, -0.2) is 14.4 Å². The number of rotatable bonds is 3. The second-order valence-electron chi connectivity index (χ2n) is 5.57. The molecule has 0 bridgehead atoms. The molecule has 0 spiro atoms. The first kappa shape index (κ1) is 15.1. The van der Waals surface area contributed by atoms with E-state index in [1.807, 2.05) is 30.3 Å². The number of para-hydroxylation sites is 2. The molecular formula is C20H14FN3O. The molecule has 25 heavy (non-hydrogen) atoms. The molecule has 4 rings (SSSR count). The van der Waals surface area contributed by atoms with E-state index in [0.29, 0.717) is 22.9 Å². The van der Waals surface area contributed by atoms with Crippen molar-refractivity contribution in [2.24, 2.45) is 0 Å². The number of phenolic OH excluding ortho intramolecular Hbond substituents is 1. The summed E-state index contributed by atoms with van der Waals surface area (Å²) in [5.41, 5.74) is 1.86. The average Bonchev–Trinajstić information content (AvgIpc) is 2.62. The van der Waals surface area contributed by atoms with Crippen molar-refractivity contribution in [2.45, 2.75) is 0 Å². The summed E-state index contributed by atoms with van der Waals surface area (Å²) in [6, 6.07) is 20.6. The molecule has 4 aromatic rings. The number of aromatic nitrogens is 2. The molecule has 0 aliphatic carbocycles. The van der Waals surface area contributed by atoms with Crippen LogP contribution < -0.4 is 5.32 Å². The molecule has 1 heterocycles. The minimum atomic E-state index is -0.329. The molecule has 0 amide bonds. The van der Waals surface area contributed by atoms with Gasteiger partial charge in [-0.15, -0.1) is 0 Å². The van der Waals surface area contributed by atoms with E-state index in [2.05, 4.69) is 15.3 Å². The maximum absolute atomic E-state index is 13.5. The predicted molar refractivity (Wildman–Crippen MR) is 96.3 cm³/mol. The number of hydrogen-bond acceptors (Lipinski definition) is 4. The molecule has 0 unspecified atom stereocenters. The summed E-state index contributed by atoms with van der Waals surface area (Å²) in [5.74, 6) is 0.726. The molecule has 122 valence electrons. The first-order valence-electron chi connectivity index (χ1n) is 7.78. The van der Waals surface area contributed by atoms with Crippen LogP contribution in [0.1, 0.15) is 0 Å². The Morgan fingerprint density at radius 1 is 0.840 bits per heavy atom. The highest BCUT2D eigenvalue weighted by atomic mass is 19.1. The van der Waals surface area contributed by atoms with Crippen LogP contribution in [0.25, 0.3) is 22.3 Å². The Balaban J connectivity index is 1.89. The topological polar surface area (TPSA) is 58.0 Å². The van der Waals surface area contributed by atoms with Crippen molar-refractivity contribution in [3.63, 3.8) is 0 Å². The van der Waals surface area contributed by atoms with Crippen LogP contribution in [-0.2, 0) is 0 Å². The molecule has 1 aromatic heterocycles. The third-order valence-corrected chi connectivity index (χ3v) is 3.84. The Kier molecular flexibility index (Phi) is 3.74. The van der Waals surface area contributed by atoms with Gasteiger partial charge < -0.3 is 10.4 Å². The van der Waals surface area contributed by atoms with Crippen molar-refractivity contribution >= 4 is 22.4 Å². The summed E-state index contributed by atoms with van der Waals surface area (Å²) in [5, 5.41) is 14.1. The van der Waals surface area contributed by atoms with Gasteiger partial charge in [-0.1, -0.05) is 30.3 Å². The first-order valence-corrected chi connectivity index (χ1v) is 7.78. The summed E-state index contributed by atoms with van der Waals surface area (Å²) < 4.78 is 13.5. The lowest BCUT2D eigenvalue weighted by Gasteiger charge is -2.11. The van der Waals surface area contributed by atoms with Gasteiger partial charge in [-0.05, 0) is 42.5 Å². The van der Waals surface area contributed by atoms with Gasteiger partial charge >= 0.3 is 0 Å². The lowest BCUT2D eigenvalue weighted by molar-refractivity contribution is 0.477. The average molecular weight is 331 g/mol. The molecule has 0 radical (unpaired) electrons. The fourth-order valence-corrected chi connectivity index (χ4v) is 2.66. The number of aromatic hydroxyl groups is 1. The molecule has 3 aromatic carbocycles. The highest BCUT2D eigenvalue weighted by Gasteiger charge is 2.12. The van der Waals surface area contributed by atoms with E-state index in [9.17, 15) is 9.50 Å². The molecule has 0 saturated heterocycles. The van der Waals surface area contributed by atoms with Gasteiger partial charge in [0.1, 0.15) is 17.4 Å². The lowest BCUT2D eigenvalue weighted by atomic mass is 10.1. The van der Waals surface area contributed by atoms with E-state index in [0.717, 1.165) is 10.9 Å². The second-order valence-corrected chi connectivity index (χ2v) is 5.57. The number of hydrogen-bond donors (Lipinski definition) is 2. The number of phenols is 1. The Morgan fingerprint density at radius 2 is 1.64 bits per heavy atom. The number of benzene rings is 3. The van der Waals surface area contributed by atoms with Gasteiger partial charge in [-0.3, -0.25) is 0 Å². The third kappa shape index (κ3) is 2.99. The van der Waals surface area contributed by atoms with Crippen molar-refractivity contribution in [3.8, 4) is 17.1 Å². The van der Waals surface area contributed by atoms with Crippen LogP contribution in [0.4, 0.5) is 15.9 Å². The quantitative estimate of drug-likeness (QED) is 0.561. The normalized spacial score (nSPS) is 10.8.